The minimum Gasteiger partial charge on any atom is -0.493 e. The van der Waals surface area contributed by atoms with Crippen LogP contribution >= 0.6 is 0 Å². The molecule has 0 aliphatic rings. The molecular formula is C76H124N6O4+4. The van der Waals surface area contributed by atoms with Crippen molar-refractivity contribution in [2.24, 2.45) is 23.7 Å². The summed E-state index contributed by atoms with van der Waals surface area (Å²) < 4.78 is 34.3. The minimum atomic E-state index is 0.681. The Morgan fingerprint density at radius 2 is 0.430 bits per heavy atom. The predicted molar refractivity (Wildman–Crippen MR) is 356 cm³/mol. The highest BCUT2D eigenvalue weighted by atomic mass is 16.5. The summed E-state index contributed by atoms with van der Waals surface area (Å²) in [6.07, 6.45) is 62.3. The van der Waals surface area contributed by atoms with Gasteiger partial charge in [0.05, 0.1) is 26.4 Å². The molecule has 4 atom stereocenters. The largest absolute Gasteiger partial charge is 0.493 e. The van der Waals surface area contributed by atoms with Gasteiger partial charge in [-0.1, -0.05) is 261 Å². The number of nitrogens with zero attached hydrogens (tertiary/aromatic N) is 6. The third-order valence-corrected chi connectivity index (χ3v) is 17.9. The molecule has 0 aliphatic heterocycles. The second-order valence-corrected chi connectivity index (χ2v) is 25.3. The first-order valence-corrected chi connectivity index (χ1v) is 35.9. The van der Waals surface area contributed by atoms with Gasteiger partial charge in [-0.25, -0.2) is 0 Å². The average molecular weight is 1190 g/mol. The number of unbranched alkanes of at least 4 members (excludes halogenated alkanes) is 16. The maximum atomic E-state index is 6.51. The summed E-state index contributed by atoms with van der Waals surface area (Å²) in [6.45, 7) is 21.3. The Kier molecular flexibility index (Phi) is 37.6. The van der Waals surface area contributed by atoms with Crippen LogP contribution in [-0.2, 0) is 0 Å². The van der Waals surface area contributed by atoms with E-state index in [0.29, 0.717) is 73.4 Å². The Balaban J connectivity index is 1.50. The third-order valence-electron chi connectivity index (χ3n) is 17.9. The molecule has 0 saturated carbocycles. The number of pyridine rings is 4. The van der Waals surface area contributed by atoms with Gasteiger partial charge in [0.25, 0.3) is 0 Å². The first kappa shape index (κ1) is 71.6. The van der Waals surface area contributed by atoms with Crippen molar-refractivity contribution >= 4 is 0 Å². The minimum absolute atomic E-state index is 0.681. The van der Waals surface area contributed by atoms with E-state index in [9.17, 15) is 0 Å². The molecule has 5 aromatic rings. The third kappa shape index (κ3) is 27.9. The van der Waals surface area contributed by atoms with E-state index in [1.807, 2.05) is 0 Å². The molecule has 0 radical (unpaired) electrons. The molecule has 0 aromatic carbocycles. The lowest BCUT2D eigenvalue weighted by molar-refractivity contribution is -0.654. The predicted octanol–water partition coefficient (Wildman–Crippen LogP) is 19.8. The van der Waals surface area contributed by atoms with Gasteiger partial charge in [-0.3, -0.25) is 0 Å². The van der Waals surface area contributed by atoms with Gasteiger partial charge in [0.15, 0.2) is 0 Å². The molecule has 478 valence electrons. The molecule has 0 aliphatic carbocycles. The summed E-state index contributed by atoms with van der Waals surface area (Å²) in [5.74, 6) is 8.99. The van der Waals surface area contributed by atoms with Gasteiger partial charge in [0.1, 0.15) is 72.6 Å². The van der Waals surface area contributed by atoms with Crippen molar-refractivity contribution in [3.05, 3.63) is 98.1 Å². The summed E-state index contributed by atoms with van der Waals surface area (Å²) in [6, 6.07) is 16.6. The molecule has 5 rings (SSSR count). The van der Waals surface area contributed by atoms with Crippen molar-refractivity contribution in [1.82, 2.24) is 9.97 Å². The standard InChI is InChI=1S/C76H124N6O4/c1-9-17-25-29-37-65(33-21-13-5)49-61-83-69-41-53-79(54-42-69)73-74(80-55-43-70(44-56-80)84-62-50-66(34-22-14-6)38-30-26-18-10-2)78-76(82-59-47-72(48-60-82)86-64-52-68(36-24-16-8)40-32-28-20-12-4)75(77-73)81-57-45-71(46-58-81)85-63-51-67(35-23-15-7)39-31-27-19-11-3/h41-48,53-60,65-68H,9-40,49-52,61-64H2,1-8H3/q+4. The summed E-state index contributed by atoms with van der Waals surface area (Å²) in [7, 11) is 0. The highest BCUT2D eigenvalue weighted by Gasteiger charge is 2.38. The summed E-state index contributed by atoms with van der Waals surface area (Å²) >= 11 is 0. The van der Waals surface area contributed by atoms with Crippen molar-refractivity contribution < 1.29 is 37.2 Å². The number of aromatic nitrogens is 6. The van der Waals surface area contributed by atoms with Gasteiger partial charge in [-0.05, 0) is 49.4 Å². The maximum Gasteiger partial charge on any atom is 0.428 e. The van der Waals surface area contributed by atoms with E-state index in [4.69, 9.17) is 28.9 Å². The van der Waals surface area contributed by atoms with Crippen molar-refractivity contribution in [1.29, 1.82) is 0 Å². The Morgan fingerprint density at radius 3 is 0.616 bits per heavy atom. The van der Waals surface area contributed by atoms with E-state index < -0.39 is 0 Å². The van der Waals surface area contributed by atoms with Crippen LogP contribution in [0.5, 0.6) is 23.0 Å². The Labute approximate surface area is 525 Å². The summed E-state index contributed by atoms with van der Waals surface area (Å²) in [5.41, 5.74) is 0. The van der Waals surface area contributed by atoms with Crippen LogP contribution in [0.25, 0.3) is 23.3 Å². The van der Waals surface area contributed by atoms with E-state index >= 15 is 0 Å². The van der Waals surface area contributed by atoms with Gasteiger partial charge in [0, 0.05) is 58.5 Å². The second kappa shape index (κ2) is 45.2. The average Bonchev–Trinajstić information content (AvgIpc) is 1.26. The molecule has 5 heterocycles. The molecule has 5 aromatic heterocycles. The zero-order chi connectivity index (χ0) is 61.1. The van der Waals surface area contributed by atoms with E-state index in [1.165, 1.54) is 205 Å². The highest BCUT2D eigenvalue weighted by Crippen LogP contribution is 2.27. The van der Waals surface area contributed by atoms with E-state index in [1.54, 1.807) is 0 Å². The van der Waals surface area contributed by atoms with Crippen molar-refractivity contribution in [2.75, 3.05) is 26.4 Å². The van der Waals surface area contributed by atoms with E-state index in [0.717, 1.165) is 48.7 Å². The van der Waals surface area contributed by atoms with Crippen LogP contribution in [0.4, 0.5) is 0 Å². The van der Waals surface area contributed by atoms with Gasteiger partial charge >= 0.3 is 23.3 Å². The van der Waals surface area contributed by atoms with E-state index in [-0.39, 0.29) is 0 Å². The summed E-state index contributed by atoms with van der Waals surface area (Å²) in [4.78, 5) is 11.2. The molecule has 0 fully saturated rings. The quantitative estimate of drug-likeness (QED) is 0.0285. The van der Waals surface area contributed by atoms with Crippen LogP contribution in [0.1, 0.15) is 287 Å². The molecule has 0 bridgehead atoms. The monoisotopic (exact) mass is 1180 g/mol. The van der Waals surface area contributed by atoms with Crippen molar-refractivity contribution in [3.8, 4) is 46.3 Å². The van der Waals surface area contributed by atoms with Crippen LogP contribution in [0, 0.1) is 23.7 Å². The van der Waals surface area contributed by atoms with E-state index in [2.05, 4.69) is 172 Å². The Morgan fingerprint density at radius 1 is 0.244 bits per heavy atom. The molecule has 0 N–H and O–H groups in total. The van der Waals surface area contributed by atoms with Gasteiger partial charge in [0.2, 0.25) is 0 Å². The molecule has 0 saturated heterocycles. The molecule has 10 nitrogen and oxygen atoms in total. The van der Waals surface area contributed by atoms with Gasteiger partial charge in [-0.15, -0.1) is 0 Å². The molecule has 0 spiro atoms. The normalized spacial score (nSPS) is 12.9. The zero-order valence-corrected chi connectivity index (χ0v) is 56.1. The molecular weight excluding hydrogens is 1060 g/mol. The van der Waals surface area contributed by atoms with Crippen LogP contribution in [0.2, 0.25) is 0 Å². The molecule has 0 amide bonds. The fraction of sp³-hybridized carbons (Fsp3) is 0.684. The number of ether oxygens (including phenoxy) is 4. The Bertz CT molecular complexity index is 2100. The summed E-state index contributed by atoms with van der Waals surface area (Å²) in [5, 5.41) is 0. The zero-order valence-electron chi connectivity index (χ0n) is 56.1. The lowest BCUT2D eigenvalue weighted by Crippen LogP contribution is -2.47. The number of rotatable bonds is 52. The lowest BCUT2D eigenvalue weighted by Gasteiger charge is -2.17. The lowest BCUT2D eigenvalue weighted by atomic mass is 9.92. The van der Waals surface area contributed by atoms with Crippen LogP contribution in [0.15, 0.2) is 98.1 Å². The topological polar surface area (TPSA) is 78.2 Å². The van der Waals surface area contributed by atoms with Crippen LogP contribution in [-0.4, -0.2) is 36.4 Å². The number of hydrogen-bond acceptors (Lipinski definition) is 6. The molecule has 4 unspecified atom stereocenters. The Hall–Kier alpha value is -5.12. The fourth-order valence-corrected chi connectivity index (χ4v) is 12.2. The number of hydrogen-bond donors (Lipinski definition) is 0. The first-order valence-electron chi connectivity index (χ1n) is 35.9. The molecule has 10 heteroatoms. The first-order chi connectivity index (χ1) is 42.4. The van der Waals surface area contributed by atoms with Gasteiger partial charge in [-0.2, -0.15) is 18.3 Å². The SMILES string of the molecule is CCCCCCC(CCCC)CCOc1cc[n+](-c2nc(-[n+]3ccc(OCCC(CCCC)CCCCCC)cc3)c(-[n+]3ccc(OCCC(CCCC)CCCCCC)cc3)nc2-[n+]2ccc(OCCC(CCCC)CCCCCC)cc2)cc1. The van der Waals surface area contributed by atoms with Crippen molar-refractivity contribution in [2.45, 2.75) is 287 Å². The molecule has 86 heavy (non-hydrogen) atoms. The van der Waals surface area contributed by atoms with Gasteiger partial charge < -0.3 is 18.9 Å². The fourth-order valence-electron chi connectivity index (χ4n) is 12.2. The highest BCUT2D eigenvalue weighted by molar-refractivity contribution is 5.39. The maximum absolute atomic E-state index is 6.51. The van der Waals surface area contributed by atoms with Crippen LogP contribution < -0.4 is 37.2 Å². The second-order valence-electron chi connectivity index (χ2n) is 25.3. The van der Waals surface area contributed by atoms with Crippen LogP contribution in [0.3, 0.4) is 0 Å². The van der Waals surface area contributed by atoms with Crippen molar-refractivity contribution in [3.63, 3.8) is 0 Å². The smallest absolute Gasteiger partial charge is 0.428 e.